The molecule has 0 heterocycles. The van der Waals surface area contributed by atoms with Crippen molar-refractivity contribution in [3.05, 3.63) is 34.4 Å². The van der Waals surface area contributed by atoms with Crippen LogP contribution < -0.4 is 4.74 Å². The van der Waals surface area contributed by atoms with Gasteiger partial charge in [-0.25, -0.2) is 0 Å². The van der Waals surface area contributed by atoms with Gasteiger partial charge in [0.25, 0.3) is 5.69 Å². The van der Waals surface area contributed by atoms with Crippen molar-refractivity contribution in [3.63, 3.8) is 0 Å². The van der Waals surface area contributed by atoms with E-state index in [2.05, 4.69) is 0 Å². The van der Waals surface area contributed by atoms with Crippen LogP contribution in [0.4, 0.5) is 5.69 Å². The third kappa shape index (κ3) is 4.98. The minimum atomic E-state index is -3.32. The highest BCUT2D eigenvalue weighted by Gasteiger charge is 2.24. The average molecular weight is 289 g/mol. The predicted molar refractivity (Wildman–Crippen MR) is 69.4 cm³/mol. The van der Waals surface area contributed by atoms with Gasteiger partial charge >= 0.3 is 7.60 Å². The number of rotatable bonds is 8. The first kappa shape index (κ1) is 15.6. The quantitative estimate of drug-likeness (QED) is 0.415. The van der Waals surface area contributed by atoms with Crippen molar-refractivity contribution in [2.75, 3.05) is 19.6 Å². The summed E-state index contributed by atoms with van der Waals surface area (Å²) in [6, 6.07) is 5.62. The third-order valence-electron chi connectivity index (χ3n) is 2.07. The second-order valence-electron chi connectivity index (χ2n) is 3.47. The molecule has 19 heavy (non-hydrogen) atoms. The van der Waals surface area contributed by atoms with E-state index in [0.717, 1.165) is 0 Å². The molecular weight excluding hydrogens is 273 g/mol. The van der Waals surface area contributed by atoms with Crippen LogP contribution in [0.15, 0.2) is 24.3 Å². The van der Waals surface area contributed by atoms with Crippen LogP contribution in [-0.2, 0) is 13.6 Å². The van der Waals surface area contributed by atoms with Gasteiger partial charge in [-0.15, -0.1) is 0 Å². The van der Waals surface area contributed by atoms with E-state index in [1.54, 1.807) is 13.8 Å². The Bertz CT molecular complexity index is 468. The van der Waals surface area contributed by atoms with Gasteiger partial charge in [-0.1, -0.05) is 6.07 Å². The topological polar surface area (TPSA) is 87.9 Å². The molecule has 0 aromatic heterocycles. The van der Waals surface area contributed by atoms with E-state index in [0.29, 0.717) is 0 Å². The molecule has 0 amide bonds. The summed E-state index contributed by atoms with van der Waals surface area (Å²) < 4.78 is 27.4. The van der Waals surface area contributed by atoms with Gasteiger partial charge in [0, 0.05) is 6.07 Å². The highest BCUT2D eigenvalue weighted by atomic mass is 31.2. The maximum absolute atomic E-state index is 12.1. The Kier molecular flexibility index (Phi) is 5.95. The van der Waals surface area contributed by atoms with E-state index in [4.69, 9.17) is 13.8 Å². The second-order valence-corrected chi connectivity index (χ2v) is 5.47. The summed E-state index contributed by atoms with van der Waals surface area (Å²) in [5.41, 5.74) is -0.0971. The third-order valence-corrected chi connectivity index (χ3v) is 3.82. The minimum Gasteiger partial charge on any atom is -0.481 e. The van der Waals surface area contributed by atoms with Crippen molar-refractivity contribution < 1.29 is 23.3 Å². The number of ether oxygens (including phenoxy) is 1. The molecule has 0 bridgehead atoms. The van der Waals surface area contributed by atoms with E-state index in [-0.39, 0.29) is 31.0 Å². The summed E-state index contributed by atoms with van der Waals surface area (Å²) in [6.45, 7) is 3.85. The van der Waals surface area contributed by atoms with Crippen molar-refractivity contribution >= 4 is 13.3 Å². The Morgan fingerprint density at radius 1 is 1.26 bits per heavy atom. The number of nitrogens with zero attached hydrogens (tertiary/aromatic N) is 1. The fourth-order valence-electron chi connectivity index (χ4n) is 1.35. The van der Waals surface area contributed by atoms with Crippen LogP contribution in [0.5, 0.6) is 5.75 Å². The zero-order chi connectivity index (χ0) is 14.3. The highest BCUT2D eigenvalue weighted by Crippen LogP contribution is 2.47. The average Bonchev–Trinajstić information content (AvgIpc) is 2.37. The molecule has 1 aromatic carbocycles. The molecule has 0 aliphatic heterocycles. The molecule has 1 aromatic rings. The number of non-ortho nitro benzene ring substituents is 1. The van der Waals surface area contributed by atoms with Crippen LogP contribution >= 0.6 is 7.60 Å². The predicted octanol–water partition coefficient (Wildman–Crippen LogP) is 3.20. The summed E-state index contributed by atoms with van der Waals surface area (Å²) in [5, 5.41) is 10.6. The first-order valence-corrected chi connectivity index (χ1v) is 7.49. The van der Waals surface area contributed by atoms with Gasteiger partial charge in [-0.2, -0.15) is 0 Å². The van der Waals surface area contributed by atoms with Gasteiger partial charge in [0.2, 0.25) is 0 Å². The van der Waals surface area contributed by atoms with E-state index in [9.17, 15) is 14.7 Å². The first-order chi connectivity index (χ1) is 9.00. The van der Waals surface area contributed by atoms with Crippen molar-refractivity contribution in [3.8, 4) is 5.75 Å². The van der Waals surface area contributed by atoms with Gasteiger partial charge in [-0.05, 0) is 19.9 Å². The minimum absolute atomic E-state index is 0.0971. The van der Waals surface area contributed by atoms with E-state index in [1.165, 1.54) is 24.3 Å². The summed E-state index contributed by atoms with van der Waals surface area (Å²) in [4.78, 5) is 10.1. The maximum Gasteiger partial charge on any atom is 0.367 e. The molecule has 106 valence electrons. The summed E-state index contributed by atoms with van der Waals surface area (Å²) in [7, 11) is -3.32. The highest BCUT2D eigenvalue weighted by molar-refractivity contribution is 7.53. The molecule has 0 aliphatic carbocycles. The SMILES string of the molecule is CCOP(=O)(COc1cccc([N+](=O)[O-])c1)OCC. The molecule has 0 fully saturated rings. The molecule has 0 spiro atoms. The summed E-state index contributed by atoms with van der Waals surface area (Å²) in [5.74, 6) is 0.244. The molecule has 0 saturated carbocycles. The lowest BCUT2D eigenvalue weighted by Crippen LogP contribution is -2.05. The molecule has 0 radical (unpaired) electrons. The monoisotopic (exact) mass is 289 g/mol. The Hall–Kier alpha value is -1.43. The Balaban J connectivity index is 2.71. The van der Waals surface area contributed by atoms with Crippen molar-refractivity contribution in [2.24, 2.45) is 0 Å². The molecule has 7 nitrogen and oxygen atoms in total. The van der Waals surface area contributed by atoms with Crippen LogP contribution in [-0.4, -0.2) is 24.5 Å². The lowest BCUT2D eigenvalue weighted by Gasteiger charge is -2.17. The second kappa shape index (κ2) is 7.23. The van der Waals surface area contributed by atoms with Gasteiger partial charge in [-0.3, -0.25) is 14.7 Å². The number of benzene rings is 1. The largest absolute Gasteiger partial charge is 0.481 e. The van der Waals surface area contributed by atoms with E-state index < -0.39 is 12.5 Å². The number of hydrogen-bond acceptors (Lipinski definition) is 6. The standard InChI is InChI=1S/C11H16NO6P/c1-3-17-19(15,18-4-2)9-16-11-7-5-6-10(8-11)12(13)14/h5-8H,3-4,9H2,1-2H3. The molecule has 0 N–H and O–H groups in total. The molecular formula is C11H16NO6P. The molecule has 0 saturated heterocycles. The lowest BCUT2D eigenvalue weighted by atomic mass is 10.3. The van der Waals surface area contributed by atoms with E-state index >= 15 is 0 Å². The number of nitro benzene ring substituents is 1. The van der Waals surface area contributed by atoms with Crippen LogP contribution in [0.25, 0.3) is 0 Å². The Labute approximate surface area is 111 Å². The van der Waals surface area contributed by atoms with Gasteiger partial charge in [0.15, 0.2) is 6.35 Å². The molecule has 0 atom stereocenters. The van der Waals surface area contributed by atoms with Crippen LogP contribution in [0.3, 0.4) is 0 Å². The van der Waals surface area contributed by atoms with Crippen LogP contribution in [0, 0.1) is 10.1 Å². The summed E-state index contributed by atoms with van der Waals surface area (Å²) in [6.07, 6.45) is -0.282. The smallest absolute Gasteiger partial charge is 0.367 e. The van der Waals surface area contributed by atoms with E-state index in [1.807, 2.05) is 0 Å². The van der Waals surface area contributed by atoms with Crippen molar-refractivity contribution in [2.45, 2.75) is 13.8 Å². The first-order valence-electron chi connectivity index (χ1n) is 5.76. The Morgan fingerprint density at radius 3 is 2.42 bits per heavy atom. The number of hydrogen-bond donors (Lipinski definition) is 0. The normalized spacial score (nSPS) is 11.3. The van der Waals surface area contributed by atoms with Crippen LogP contribution in [0.2, 0.25) is 0 Å². The fraction of sp³-hybridized carbons (Fsp3) is 0.455. The van der Waals surface area contributed by atoms with Gasteiger partial charge < -0.3 is 13.8 Å². The zero-order valence-electron chi connectivity index (χ0n) is 10.8. The van der Waals surface area contributed by atoms with Crippen LogP contribution in [0.1, 0.15) is 13.8 Å². The van der Waals surface area contributed by atoms with Gasteiger partial charge in [0.05, 0.1) is 24.2 Å². The summed E-state index contributed by atoms with van der Waals surface area (Å²) >= 11 is 0. The number of nitro groups is 1. The molecule has 1 rings (SSSR count). The molecule has 8 heteroatoms. The van der Waals surface area contributed by atoms with Crippen molar-refractivity contribution in [1.82, 2.24) is 0 Å². The van der Waals surface area contributed by atoms with Crippen molar-refractivity contribution in [1.29, 1.82) is 0 Å². The Morgan fingerprint density at radius 2 is 1.89 bits per heavy atom. The maximum atomic E-state index is 12.1. The molecule has 0 aliphatic rings. The zero-order valence-corrected chi connectivity index (χ0v) is 11.7. The van der Waals surface area contributed by atoms with Gasteiger partial charge in [0.1, 0.15) is 5.75 Å². The lowest BCUT2D eigenvalue weighted by molar-refractivity contribution is -0.384. The fourth-order valence-corrected chi connectivity index (χ4v) is 2.66. The molecule has 0 unspecified atom stereocenters.